The standard InChI is InChI=1S/C10H17FO2/c1-7(2)10(12)13-9-6-4-3-5-8(9)11/h7-9H,3-6H2,1-2H3/t8-,9-/m0/s1. The normalized spacial score (nSPS) is 28.9. The van der Waals surface area contributed by atoms with E-state index in [9.17, 15) is 9.18 Å². The highest BCUT2D eigenvalue weighted by molar-refractivity contribution is 5.71. The quantitative estimate of drug-likeness (QED) is 0.622. The topological polar surface area (TPSA) is 26.3 Å². The number of carbonyl (C=O) groups excluding carboxylic acids is 1. The number of alkyl halides is 1. The number of ether oxygens (including phenoxy) is 1. The van der Waals surface area contributed by atoms with Gasteiger partial charge < -0.3 is 4.74 Å². The van der Waals surface area contributed by atoms with Crippen molar-refractivity contribution in [1.29, 1.82) is 0 Å². The number of carbonyl (C=O) groups is 1. The molecule has 0 N–H and O–H groups in total. The van der Waals surface area contributed by atoms with E-state index in [0.29, 0.717) is 12.8 Å². The molecule has 0 heterocycles. The molecule has 0 unspecified atom stereocenters. The van der Waals surface area contributed by atoms with Gasteiger partial charge in [-0.1, -0.05) is 20.3 Å². The lowest BCUT2D eigenvalue weighted by Crippen LogP contribution is -2.32. The Morgan fingerprint density at radius 2 is 2.00 bits per heavy atom. The van der Waals surface area contributed by atoms with Crippen LogP contribution in [-0.4, -0.2) is 18.2 Å². The van der Waals surface area contributed by atoms with Crippen molar-refractivity contribution in [1.82, 2.24) is 0 Å². The predicted molar refractivity (Wildman–Crippen MR) is 48.1 cm³/mol. The Morgan fingerprint density at radius 3 is 2.54 bits per heavy atom. The lowest BCUT2D eigenvalue weighted by molar-refractivity contribution is -0.158. The molecule has 1 aliphatic carbocycles. The molecule has 76 valence electrons. The molecule has 0 radical (unpaired) electrons. The molecule has 0 aliphatic heterocycles. The van der Waals surface area contributed by atoms with E-state index in [1.807, 2.05) is 0 Å². The summed E-state index contributed by atoms with van der Waals surface area (Å²) in [6.45, 7) is 3.52. The first-order chi connectivity index (χ1) is 6.11. The molecule has 2 atom stereocenters. The molecule has 0 aromatic heterocycles. The van der Waals surface area contributed by atoms with E-state index in [0.717, 1.165) is 12.8 Å². The van der Waals surface area contributed by atoms with Crippen LogP contribution < -0.4 is 0 Å². The van der Waals surface area contributed by atoms with E-state index in [-0.39, 0.29) is 11.9 Å². The first-order valence-corrected chi connectivity index (χ1v) is 4.96. The zero-order valence-corrected chi connectivity index (χ0v) is 8.25. The summed E-state index contributed by atoms with van der Waals surface area (Å²) >= 11 is 0. The van der Waals surface area contributed by atoms with Crippen molar-refractivity contribution in [3.05, 3.63) is 0 Å². The Bertz CT molecular complexity index is 180. The SMILES string of the molecule is CC(C)C(=O)O[C@H]1CCCC[C@@H]1F. The van der Waals surface area contributed by atoms with Crippen LogP contribution in [0.2, 0.25) is 0 Å². The molecule has 2 nitrogen and oxygen atoms in total. The fourth-order valence-electron chi connectivity index (χ4n) is 1.47. The molecule has 0 bridgehead atoms. The van der Waals surface area contributed by atoms with Crippen LogP contribution in [0.15, 0.2) is 0 Å². The first kappa shape index (κ1) is 10.5. The Kier molecular flexibility index (Phi) is 3.70. The third-order valence-corrected chi connectivity index (χ3v) is 2.36. The van der Waals surface area contributed by atoms with Crippen LogP contribution in [0.4, 0.5) is 4.39 Å². The Morgan fingerprint density at radius 1 is 1.38 bits per heavy atom. The van der Waals surface area contributed by atoms with Gasteiger partial charge in [0.2, 0.25) is 0 Å². The van der Waals surface area contributed by atoms with Crippen molar-refractivity contribution < 1.29 is 13.9 Å². The molecule has 1 saturated carbocycles. The molecule has 3 heteroatoms. The molecule has 0 spiro atoms. The van der Waals surface area contributed by atoms with Gasteiger partial charge >= 0.3 is 5.97 Å². The molecule has 1 rings (SSSR count). The molecule has 0 aromatic rings. The summed E-state index contributed by atoms with van der Waals surface area (Å²) in [4.78, 5) is 11.2. The van der Waals surface area contributed by atoms with Crippen molar-refractivity contribution in [3.8, 4) is 0 Å². The summed E-state index contributed by atoms with van der Waals surface area (Å²) in [5.41, 5.74) is 0. The average Bonchev–Trinajstić information content (AvgIpc) is 2.08. The van der Waals surface area contributed by atoms with Crippen molar-refractivity contribution in [3.63, 3.8) is 0 Å². The molecule has 0 saturated heterocycles. The van der Waals surface area contributed by atoms with Gasteiger partial charge in [0.15, 0.2) is 0 Å². The minimum atomic E-state index is -0.948. The van der Waals surface area contributed by atoms with Gasteiger partial charge in [0, 0.05) is 0 Å². The second-order valence-corrected chi connectivity index (χ2v) is 3.93. The van der Waals surface area contributed by atoms with Gasteiger partial charge in [-0.25, -0.2) is 4.39 Å². The average molecular weight is 188 g/mol. The third-order valence-electron chi connectivity index (χ3n) is 2.36. The van der Waals surface area contributed by atoms with Crippen LogP contribution >= 0.6 is 0 Å². The minimum absolute atomic E-state index is 0.158. The lowest BCUT2D eigenvalue weighted by atomic mass is 9.96. The predicted octanol–water partition coefficient (Wildman–Crippen LogP) is 2.47. The number of esters is 1. The van der Waals surface area contributed by atoms with Crippen molar-refractivity contribution >= 4 is 5.97 Å². The van der Waals surface area contributed by atoms with Gasteiger partial charge in [0.1, 0.15) is 12.3 Å². The molecular formula is C10H17FO2. The van der Waals surface area contributed by atoms with E-state index >= 15 is 0 Å². The van der Waals surface area contributed by atoms with Gasteiger partial charge in [-0.2, -0.15) is 0 Å². The summed E-state index contributed by atoms with van der Waals surface area (Å²) in [6, 6.07) is 0. The largest absolute Gasteiger partial charge is 0.459 e. The first-order valence-electron chi connectivity index (χ1n) is 4.96. The van der Waals surface area contributed by atoms with Crippen molar-refractivity contribution in [2.45, 2.75) is 51.8 Å². The van der Waals surface area contributed by atoms with Crippen LogP contribution in [0.1, 0.15) is 39.5 Å². The molecule has 0 amide bonds. The van der Waals surface area contributed by atoms with Crippen LogP contribution in [0.5, 0.6) is 0 Å². The number of halogens is 1. The maximum Gasteiger partial charge on any atom is 0.308 e. The van der Waals surface area contributed by atoms with E-state index in [4.69, 9.17) is 4.74 Å². The summed E-state index contributed by atoms with van der Waals surface area (Å²) < 4.78 is 18.2. The van der Waals surface area contributed by atoms with Gasteiger partial charge in [0.05, 0.1) is 5.92 Å². The fourth-order valence-corrected chi connectivity index (χ4v) is 1.47. The number of hydrogen-bond donors (Lipinski definition) is 0. The van der Waals surface area contributed by atoms with Gasteiger partial charge in [-0.3, -0.25) is 4.79 Å². The van der Waals surface area contributed by atoms with Gasteiger partial charge in [-0.05, 0) is 19.3 Å². The van der Waals surface area contributed by atoms with Crippen LogP contribution in [0.25, 0.3) is 0 Å². The van der Waals surface area contributed by atoms with E-state index in [2.05, 4.69) is 0 Å². The lowest BCUT2D eigenvalue weighted by Gasteiger charge is -2.26. The summed E-state index contributed by atoms with van der Waals surface area (Å²) in [5, 5.41) is 0. The van der Waals surface area contributed by atoms with Crippen molar-refractivity contribution in [2.24, 2.45) is 5.92 Å². The van der Waals surface area contributed by atoms with Crippen LogP contribution in [0, 0.1) is 5.92 Å². The van der Waals surface area contributed by atoms with E-state index < -0.39 is 12.3 Å². The third kappa shape index (κ3) is 2.98. The highest BCUT2D eigenvalue weighted by Gasteiger charge is 2.28. The highest BCUT2D eigenvalue weighted by Crippen LogP contribution is 2.24. The summed E-state index contributed by atoms with van der Waals surface area (Å²) in [6.07, 6.45) is 1.67. The zero-order valence-electron chi connectivity index (χ0n) is 8.25. The zero-order chi connectivity index (χ0) is 9.84. The molecule has 13 heavy (non-hydrogen) atoms. The van der Waals surface area contributed by atoms with Crippen molar-refractivity contribution in [2.75, 3.05) is 0 Å². The van der Waals surface area contributed by atoms with E-state index in [1.165, 1.54) is 0 Å². The maximum atomic E-state index is 13.2. The minimum Gasteiger partial charge on any atom is -0.459 e. The number of hydrogen-bond acceptors (Lipinski definition) is 2. The second-order valence-electron chi connectivity index (χ2n) is 3.93. The van der Waals surface area contributed by atoms with Crippen LogP contribution in [-0.2, 0) is 9.53 Å². The second kappa shape index (κ2) is 4.58. The fraction of sp³-hybridized carbons (Fsp3) is 0.900. The maximum absolute atomic E-state index is 13.2. The Hall–Kier alpha value is -0.600. The Labute approximate surface area is 78.5 Å². The van der Waals surface area contributed by atoms with E-state index in [1.54, 1.807) is 13.8 Å². The summed E-state index contributed by atoms with van der Waals surface area (Å²) in [5.74, 6) is -0.441. The van der Waals surface area contributed by atoms with Gasteiger partial charge in [0.25, 0.3) is 0 Å². The molecule has 1 aliphatic rings. The van der Waals surface area contributed by atoms with Crippen LogP contribution in [0.3, 0.4) is 0 Å². The smallest absolute Gasteiger partial charge is 0.308 e. The molecule has 1 fully saturated rings. The van der Waals surface area contributed by atoms with Gasteiger partial charge in [-0.15, -0.1) is 0 Å². The number of rotatable bonds is 2. The summed E-state index contributed by atoms with van der Waals surface area (Å²) in [7, 11) is 0. The Balaban J connectivity index is 2.38. The highest BCUT2D eigenvalue weighted by atomic mass is 19.1. The monoisotopic (exact) mass is 188 g/mol. The molecular weight excluding hydrogens is 171 g/mol. The molecule has 0 aromatic carbocycles.